The van der Waals surface area contributed by atoms with Crippen LogP contribution >= 0.6 is 11.6 Å². The Balaban J connectivity index is 0.000000132. The molecular formula is C78H84ClN3O8. The van der Waals surface area contributed by atoms with Gasteiger partial charge in [-0.1, -0.05) is 179 Å². The lowest BCUT2D eigenvalue weighted by Gasteiger charge is -2.31. The van der Waals surface area contributed by atoms with Gasteiger partial charge >= 0.3 is 11.9 Å². The number of halogens is 1. The fourth-order valence-electron chi connectivity index (χ4n) is 15.7. The van der Waals surface area contributed by atoms with Crippen LogP contribution in [0, 0.1) is 17.8 Å². The summed E-state index contributed by atoms with van der Waals surface area (Å²) in [5.41, 5.74) is 8.60. The number of hydrogen-bond acceptors (Lipinski definition) is 7. The molecule has 90 heavy (non-hydrogen) atoms. The summed E-state index contributed by atoms with van der Waals surface area (Å²) < 4.78 is 4.82. The molecule has 8 aromatic rings. The molecule has 3 amide bonds. The molecule has 0 aromatic heterocycles. The predicted molar refractivity (Wildman–Crippen MR) is 359 cm³/mol. The highest BCUT2D eigenvalue weighted by Gasteiger charge is 2.39. The van der Waals surface area contributed by atoms with Crippen molar-refractivity contribution in [2.24, 2.45) is 17.8 Å². The van der Waals surface area contributed by atoms with Crippen molar-refractivity contribution in [2.45, 2.75) is 153 Å². The van der Waals surface area contributed by atoms with E-state index in [4.69, 9.17) is 16.3 Å². The molecule has 0 radical (unpaired) electrons. The van der Waals surface area contributed by atoms with Crippen LogP contribution in [0.3, 0.4) is 0 Å². The fraction of sp³-hybridized carbons (Fsp3) is 0.397. The quantitative estimate of drug-likeness (QED) is 0.109. The number of carboxylic acids is 1. The van der Waals surface area contributed by atoms with Gasteiger partial charge in [0.1, 0.15) is 5.75 Å². The number of hydrogen-bond donors (Lipinski definition) is 2. The van der Waals surface area contributed by atoms with Gasteiger partial charge in [0, 0.05) is 60.9 Å². The highest BCUT2D eigenvalue weighted by Crippen LogP contribution is 2.40. The van der Waals surface area contributed by atoms with E-state index < -0.39 is 5.97 Å². The molecule has 0 bridgehead atoms. The number of likely N-dealkylation sites (tertiary alicyclic amines) is 3. The van der Waals surface area contributed by atoms with Crippen LogP contribution in [0.2, 0.25) is 5.02 Å². The fourth-order valence-corrected chi connectivity index (χ4v) is 16.0. The van der Waals surface area contributed by atoms with Crippen LogP contribution in [0.5, 0.6) is 5.75 Å². The van der Waals surface area contributed by atoms with Crippen molar-refractivity contribution in [3.63, 3.8) is 0 Å². The van der Waals surface area contributed by atoms with Gasteiger partial charge in [0.2, 0.25) is 17.7 Å². The Morgan fingerprint density at radius 2 is 0.833 bits per heavy atom. The molecule has 3 heterocycles. The largest absolute Gasteiger partial charge is 0.508 e. The Labute approximate surface area is 534 Å². The zero-order chi connectivity index (χ0) is 62.3. The van der Waals surface area contributed by atoms with Gasteiger partial charge < -0.3 is 29.6 Å². The van der Waals surface area contributed by atoms with Gasteiger partial charge in [0.25, 0.3) is 0 Å². The third kappa shape index (κ3) is 13.7. The Kier molecular flexibility index (Phi) is 19.6. The lowest BCUT2D eigenvalue weighted by Crippen LogP contribution is -2.39. The molecule has 3 atom stereocenters. The van der Waals surface area contributed by atoms with Crippen molar-refractivity contribution in [3.8, 4) is 28.0 Å². The average molecular weight is 1230 g/mol. The average Bonchev–Trinajstić information content (AvgIpc) is 1.18. The summed E-state index contributed by atoms with van der Waals surface area (Å²) in [5.74, 6) is 0.211. The number of benzene rings is 8. The van der Waals surface area contributed by atoms with Gasteiger partial charge in [0.15, 0.2) is 0 Å². The molecule has 466 valence electrons. The minimum absolute atomic E-state index is 0.0500. The predicted octanol–water partition coefficient (Wildman–Crippen LogP) is 16.9. The van der Waals surface area contributed by atoms with Gasteiger partial charge in [-0.05, 0) is 185 Å². The molecule has 14 rings (SSSR count). The number of aromatic carboxylic acids is 1. The number of carbonyl (C=O) groups excluding carboxylic acids is 4. The molecule has 8 aromatic carbocycles. The minimum atomic E-state index is -0.916. The van der Waals surface area contributed by atoms with E-state index in [1.165, 1.54) is 118 Å². The lowest BCUT2D eigenvalue weighted by atomic mass is 9.90. The number of phenols is 1. The van der Waals surface area contributed by atoms with E-state index in [0.717, 1.165) is 109 Å². The Morgan fingerprint density at radius 1 is 0.444 bits per heavy atom. The second-order valence-corrected chi connectivity index (χ2v) is 26.4. The van der Waals surface area contributed by atoms with Crippen LogP contribution in [0.4, 0.5) is 0 Å². The number of methoxy groups -OCH3 is 1. The van der Waals surface area contributed by atoms with Crippen LogP contribution in [-0.4, -0.2) is 99.4 Å². The number of esters is 1. The zero-order valence-electron chi connectivity index (χ0n) is 51.9. The molecule has 11 nitrogen and oxygen atoms in total. The van der Waals surface area contributed by atoms with Crippen LogP contribution in [0.1, 0.15) is 153 Å². The first-order valence-corrected chi connectivity index (χ1v) is 33.6. The number of carboxylic acid groups (broad SMARTS) is 1. The standard InChI is InChI=1S/C29H31NO3.C28H29NO3.C21H24ClNO2/c1-33-29(32)21-13-11-20(12-14-21)26-16-15-22(25-9-5-6-10-27(25)26)19-23-17-18-30(28(23)31)24-7-3-2-4-8-24;30-27-22(16-17-29(27)23-6-2-1-3-7-23)18-21-14-15-25(26-9-5-4-8-24(21)26)19-10-12-20(13-11-19)28(31)32;22-20-15(7-6-14-13-18(24)8-9-19(14)20)12-16-10-11-23(21(16)25)17-4-2-1-3-5-17/h5-6,9-16,23-24H,2-4,7-8,17-19H2,1H3;4-5,8-15,22-23H,1-3,6-7,16-18H2,(H,31,32);6-9,13,16-17,24H,1-5,10-12H2. The number of amides is 3. The highest BCUT2D eigenvalue weighted by atomic mass is 35.5. The number of phenolic OH excluding ortho intramolecular Hbond substituents is 1. The second kappa shape index (κ2) is 28.4. The summed E-state index contributed by atoms with van der Waals surface area (Å²) >= 11 is 6.60. The van der Waals surface area contributed by atoms with E-state index in [0.29, 0.717) is 52.9 Å². The first kappa shape index (κ1) is 62.2. The molecule has 12 heteroatoms. The Morgan fingerprint density at radius 3 is 1.24 bits per heavy atom. The first-order chi connectivity index (χ1) is 43.9. The molecule has 0 spiro atoms. The normalized spacial score (nSPS) is 20.1. The summed E-state index contributed by atoms with van der Waals surface area (Å²) in [6, 6.07) is 50.5. The molecule has 3 aliphatic heterocycles. The first-order valence-electron chi connectivity index (χ1n) is 33.3. The molecule has 3 saturated carbocycles. The monoisotopic (exact) mass is 1230 g/mol. The zero-order valence-corrected chi connectivity index (χ0v) is 52.7. The van der Waals surface area contributed by atoms with Gasteiger partial charge in [-0.2, -0.15) is 0 Å². The van der Waals surface area contributed by atoms with Crippen LogP contribution < -0.4 is 0 Å². The van der Waals surface area contributed by atoms with Crippen molar-refractivity contribution in [1.29, 1.82) is 0 Å². The molecule has 3 saturated heterocycles. The van der Waals surface area contributed by atoms with Gasteiger partial charge in [0.05, 0.1) is 23.3 Å². The third-order valence-corrected chi connectivity index (χ3v) is 21.1. The number of carbonyl (C=O) groups is 5. The van der Waals surface area contributed by atoms with Crippen LogP contribution in [0.15, 0.2) is 152 Å². The molecule has 3 unspecified atom stereocenters. The van der Waals surface area contributed by atoms with Crippen molar-refractivity contribution < 1.29 is 38.9 Å². The number of nitrogens with zero attached hydrogens (tertiary/aromatic N) is 3. The Bertz CT molecular complexity index is 3900. The summed E-state index contributed by atoms with van der Waals surface area (Å²) in [6.07, 6.45) is 23.6. The van der Waals surface area contributed by atoms with Crippen LogP contribution in [0.25, 0.3) is 54.6 Å². The van der Waals surface area contributed by atoms with Crippen molar-refractivity contribution in [1.82, 2.24) is 14.7 Å². The maximum Gasteiger partial charge on any atom is 0.337 e. The minimum Gasteiger partial charge on any atom is -0.508 e. The molecule has 6 fully saturated rings. The number of ether oxygens (including phenoxy) is 1. The van der Waals surface area contributed by atoms with Crippen molar-refractivity contribution >= 4 is 73.6 Å². The third-order valence-electron chi connectivity index (χ3n) is 20.6. The van der Waals surface area contributed by atoms with E-state index >= 15 is 0 Å². The maximum atomic E-state index is 13.2. The smallest absolute Gasteiger partial charge is 0.337 e. The van der Waals surface area contributed by atoms with Crippen molar-refractivity contribution in [3.05, 3.63) is 184 Å². The number of rotatable bonds is 13. The lowest BCUT2D eigenvalue weighted by molar-refractivity contribution is -0.134. The summed E-state index contributed by atoms with van der Waals surface area (Å²) in [4.78, 5) is 68.8. The molecule has 2 N–H and O–H groups in total. The van der Waals surface area contributed by atoms with Crippen molar-refractivity contribution in [2.75, 3.05) is 26.7 Å². The Hall–Kier alpha value is -8.02. The highest BCUT2D eigenvalue weighted by molar-refractivity contribution is 6.36. The maximum absolute atomic E-state index is 13.2. The summed E-state index contributed by atoms with van der Waals surface area (Å²) in [6.45, 7) is 2.71. The van der Waals surface area contributed by atoms with Gasteiger partial charge in [-0.15, -0.1) is 0 Å². The SMILES string of the molecule is COC(=O)c1ccc(-c2ccc(CC3CCN(C4CCCCC4)C3=O)c3ccccc23)cc1.O=C(O)c1ccc(-c2ccc(CC3CCN(C4CCCCC4)C3=O)c3ccccc23)cc1.O=C1C(Cc2ccc3cc(O)ccc3c2Cl)CCN1C1CCCCC1. The molecular weight excluding hydrogens is 1140 g/mol. The van der Waals surface area contributed by atoms with E-state index in [1.807, 2.05) is 54.6 Å². The van der Waals surface area contributed by atoms with E-state index in [2.05, 4.69) is 75.4 Å². The second-order valence-electron chi connectivity index (χ2n) is 26.1. The summed E-state index contributed by atoms with van der Waals surface area (Å²) in [7, 11) is 1.39. The van der Waals surface area contributed by atoms with E-state index in [-0.39, 0.29) is 35.0 Å². The topological polar surface area (TPSA) is 145 Å². The van der Waals surface area contributed by atoms with Gasteiger partial charge in [-0.3, -0.25) is 14.4 Å². The van der Waals surface area contributed by atoms with E-state index in [1.54, 1.807) is 36.4 Å². The summed E-state index contributed by atoms with van der Waals surface area (Å²) in [5, 5.41) is 26.1. The van der Waals surface area contributed by atoms with Gasteiger partial charge in [-0.25, -0.2) is 9.59 Å². The van der Waals surface area contributed by atoms with E-state index in [9.17, 15) is 34.2 Å². The molecule has 3 aliphatic carbocycles. The van der Waals surface area contributed by atoms with Crippen LogP contribution in [-0.2, 0) is 38.4 Å². The number of fused-ring (bicyclic) bond motifs is 3. The molecule has 6 aliphatic rings. The number of aromatic hydroxyl groups is 1.